The number of fused-ring (bicyclic) bond motifs is 1. The van der Waals surface area contributed by atoms with E-state index in [2.05, 4.69) is 40.4 Å². The zero-order valence-electron chi connectivity index (χ0n) is 16.8. The Labute approximate surface area is 166 Å². The van der Waals surface area contributed by atoms with Crippen LogP contribution < -0.4 is 14.9 Å². The van der Waals surface area contributed by atoms with Crippen molar-refractivity contribution in [2.45, 2.75) is 39.5 Å². The number of benzene rings is 2. The van der Waals surface area contributed by atoms with Gasteiger partial charge in [0.25, 0.3) is 0 Å². The van der Waals surface area contributed by atoms with Crippen molar-refractivity contribution in [3.05, 3.63) is 47.5 Å². The van der Waals surface area contributed by atoms with E-state index >= 15 is 0 Å². The second-order valence-electron chi connectivity index (χ2n) is 6.80. The zero-order chi connectivity index (χ0) is 19.8. The standard InChI is InChI=1S/C22H28N4O2/c1-4-5-6-7-12-28-20-11-9-17(14-21(20)27-3)15-23-26-22-24-18-10-8-16(2)13-19(18)25-22/h8-11,13-15H,4-7,12H2,1-3H3,(H2,24,25,26)/b23-15-. The molecule has 0 aliphatic rings. The summed E-state index contributed by atoms with van der Waals surface area (Å²) in [5.74, 6) is 2.08. The Morgan fingerprint density at radius 3 is 2.82 bits per heavy atom. The largest absolute Gasteiger partial charge is 0.493 e. The maximum atomic E-state index is 5.85. The molecule has 0 radical (unpaired) electrons. The molecule has 28 heavy (non-hydrogen) atoms. The van der Waals surface area contributed by atoms with Gasteiger partial charge in [0, 0.05) is 0 Å². The van der Waals surface area contributed by atoms with Gasteiger partial charge < -0.3 is 14.5 Å². The lowest BCUT2D eigenvalue weighted by atomic mass is 10.2. The van der Waals surface area contributed by atoms with Crippen molar-refractivity contribution in [2.75, 3.05) is 19.1 Å². The van der Waals surface area contributed by atoms with Gasteiger partial charge in [-0.2, -0.15) is 5.10 Å². The number of aryl methyl sites for hydroxylation is 1. The minimum atomic E-state index is 0.607. The van der Waals surface area contributed by atoms with Crippen molar-refractivity contribution in [2.24, 2.45) is 5.10 Å². The maximum absolute atomic E-state index is 5.85. The Hall–Kier alpha value is -3.02. The van der Waals surface area contributed by atoms with Crippen molar-refractivity contribution >= 4 is 23.2 Å². The summed E-state index contributed by atoms with van der Waals surface area (Å²) in [4.78, 5) is 7.67. The number of nitrogens with zero attached hydrogens (tertiary/aromatic N) is 2. The Morgan fingerprint density at radius 2 is 2.00 bits per heavy atom. The molecule has 2 aromatic carbocycles. The summed E-state index contributed by atoms with van der Waals surface area (Å²) in [6.07, 6.45) is 6.44. The van der Waals surface area contributed by atoms with E-state index in [1.807, 2.05) is 30.3 Å². The molecule has 0 bridgehead atoms. The first kappa shape index (κ1) is 19.7. The number of aromatic nitrogens is 2. The normalized spacial score (nSPS) is 11.2. The summed E-state index contributed by atoms with van der Waals surface area (Å²) in [7, 11) is 1.65. The molecule has 0 aliphatic carbocycles. The predicted molar refractivity (Wildman–Crippen MR) is 115 cm³/mol. The molecule has 3 rings (SSSR count). The second-order valence-corrected chi connectivity index (χ2v) is 6.80. The highest BCUT2D eigenvalue weighted by Gasteiger charge is 2.05. The number of imidazole rings is 1. The minimum absolute atomic E-state index is 0.607. The van der Waals surface area contributed by atoms with E-state index in [9.17, 15) is 0 Å². The van der Waals surface area contributed by atoms with Gasteiger partial charge in [-0.3, -0.25) is 0 Å². The van der Waals surface area contributed by atoms with Crippen molar-refractivity contribution in [1.29, 1.82) is 0 Å². The van der Waals surface area contributed by atoms with Crippen LogP contribution in [0.25, 0.3) is 11.0 Å². The van der Waals surface area contributed by atoms with Crippen LogP contribution in [-0.4, -0.2) is 29.9 Å². The highest BCUT2D eigenvalue weighted by atomic mass is 16.5. The number of hydrazone groups is 1. The molecule has 1 aromatic heterocycles. The van der Waals surface area contributed by atoms with Crippen molar-refractivity contribution in [3.8, 4) is 11.5 Å². The number of aromatic amines is 1. The summed E-state index contributed by atoms with van der Waals surface area (Å²) < 4.78 is 11.3. The molecular weight excluding hydrogens is 352 g/mol. The van der Waals surface area contributed by atoms with Crippen LogP contribution >= 0.6 is 0 Å². The van der Waals surface area contributed by atoms with Gasteiger partial charge in [0.2, 0.25) is 5.95 Å². The van der Waals surface area contributed by atoms with Crippen molar-refractivity contribution < 1.29 is 9.47 Å². The molecule has 0 spiro atoms. The average Bonchev–Trinajstić information content (AvgIpc) is 3.10. The topological polar surface area (TPSA) is 71.5 Å². The lowest BCUT2D eigenvalue weighted by molar-refractivity contribution is 0.285. The van der Waals surface area contributed by atoms with Crippen molar-refractivity contribution in [3.63, 3.8) is 0 Å². The Morgan fingerprint density at radius 1 is 1.11 bits per heavy atom. The summed E-state index contributed by atoms with van der Waals surface area (Å²) in [6, 6.07) is 11.9. The quantitative estimate of drug-likeness (QED) is 0.285. The second kappa shape index (κ2) is 9.78. The van der Waals surface area contributed by atoms with Crippen LogP contribution in [0.5, 0.6) is 11.5 Å². The van der Waals surface area contributed by atoms with E-state index in [-0.39, 0.29) is 0 Å². The maximum Gasteiger partial charge on any atom is 0.222 e. The van der Waals surface area contributed by atoms with E-state index in [1.165, 1.54) is 24.8 Å². The van der Waals surface area contributed by atoms with Gasteiger partial charge in [0.1, 0.15) is 0 Å². The van der Waals surface area contributed by atoms with E-state index in [1.54, 1.807) is 13.3 Å². The van der Waals surface area contributed by atoms with Gasteiger partial charge >= 0.3 is 0 Å². The van der Waals surface area contributed by atoms with Crippen LogP contribution in [0.3, 0.4) is 0 Å². The van der Waals surface area contributed by atoms with Crippen LogP contribution in [-0.2, 0) is 0 Å². The summed E-state index contributed by atoms with van der Waals surface area (Å²) >= 11 is 0. The first-order valence-electron chi connectivity index (χ1n) is 9.76. The molecule has 0 saturated heterocycles. The molecule has 0 fully saturated rings. The molecule has 6 nitrogen and oxygen atoms in total. The van der Waals surface area contributed by atoms with Crippen molar-refractivity contribution in [1.82, 2.24) is 9.97 Å². The number of rotatable bonds is 10. The number of anilines is 1. The number of ether oxygens (including phenoxy) is 2. The van der Waals surface area contributed by atoms with Crippen LogP contribution in [0.15, 0.2) is 41.5 Å². The summed E-state index contributed by atoms with van der Waals surface area (Å²) in [6.45, 7) is 4.96. The van der Waals surface area contributed by atoms with Gasteiger partial charge in [-0.15, -0.1) is 0 Å². The van der Waals surface area contributed by atoms with Gasteiger partial charge in [-0.1, -0.05) is 32.3 Å². The van der Waals surface area contributed by atoms with Crippen LogP contribution in [0.1, 0.15) is 43.7 Å². The third kappa shape index (κ3) is 5.25. The van der Waals surface area contributed by atoms with Gasteiger partial charge in [0.15, 0.2) is 11.5 Å². The third-order valence-corrected chi connectivity index (χ3v) is 4.46. The Bertz CT molecular complexity index is 933. The van der Waals surface area contributed by atoms with Gasteiger partial charge in [-0.05, 0) is 54.8 Å². The predicted octanol–water partition coefficient (Wildman–Crippen LogP) is 5.29. The van der Waals surface area contributed by atoms with Crippen LogP contribution in [0, 0.1) is 6.92 Å². The van der Waals surface area contributed by atoms with E-state index in [0.29, 0.717) is 18.3 Å². The number of hydrogen-bond acceptors (Lipinski definition) is 5. The lowest BCUT2D eigenvalue weighted by Gasteiger charge is -2.11. The summed E-state index contributed by atoms with van der Waals surface area (Å²) in [5.41, 5.74) is 6.93. The molecule has 0 atom stereocenters. The fourth-order valence-corrected chi connectivity index (χ4v) is 2.94. The number of unbranched alkanes of at least 4 members (excludes halogenated alkanes) is 3. The first-order chi connectivity index (χ1) is 13.7. The number of methoxy groups -OCH3 is 1. The molecule has 148 valence electrons. The molecule has 6 heteroatoms. The zero-order valence-corrected chi connectivity index (χ0v) is 16.8. The monoisotopic (exact) mass is 380 g/mol. The highest BCUT2D eigenvalue weighted by Crippen LogP contribution is 2.28. The molecule has 0 amide bonds. The Balaban J connectivity index is 1.59. The smallest absolute Gasteiger partial charge is 0.222 e. The molecule has 0 saturated carbocycles. The molecule has 3 aromatic rings. The van der Waals surface area contributed by atoms with Crippen LogP contribution in [0.4, 0.5) is 5.95 Å². The number of H-pyrrole nitrogens is 1. The Kier molecular flexibility index (Phi) is 6.89. The van der Waals surface area contributed by atoms with E-state index in [4.69, 9.17) is 9.47 Å². The molecule has 1 heterocycles. The molecule has 2 N–H and O–H groups in total. The first-order valence-corrected chi connectivity index (χ1v) is 9.76. The molecular formula is C22H28N4O2. The number of hydrogen-bond donors (Lipinski definition) is 2. The average molecular weight is 380 g/mol. The van der Waals surface area contributed by atoms with Gasteiger partial charge in [-0.25, -0.2) is 10.4 Å². The molecule has 0 unspecified atom stereocenters. The fourth-order valence-electron chi connectivity index (χ4n) is 2.94. The third-order valence-electron chi connectivity index (χ3n) is 4.46. The lowest BCUT2D eigenvalue weighted by Crippen LogP contribution is -2.00. The van der Waals surface area contributed by atoms with E-state index in [0.717, 1.165) is 28.8 Å². The fraction of sp³-hybridized carbons (Fsp3) is 0.364. The highest BCUT2D eigenvalue weighted by molar-refractivity contribution is 5.82. The van der Waals surface area contributed by atoms with E-state index < -0.39 is 0 Å². The van der Waals surface area contributed by atoms with Crippen LogP contribution in [0.2, 0.25) is 0 Å². The minimum Gasteiger partial charge on any atom is -0.493 e. The molecule has 0 aliphatic heterocycles. The summed E-state index contributed by atoms with van der Waals surface area (Å²) in [5, 5.41) is 4.27. The number of nitrogens with one attached hydrogen (secondary N) is 2. The SMILES string of the molecule is CCCCCCOc1ccc(/C=N\Nc2nc3ccc(C)cc3[nH]2)cc1OC. The van der Waals surface area contributed by atoms with Gasteiger partial charge in [0.05, 0.1) is 31.0 Å².